The van der Waals surface area contributed by atoms with E-state index < -0.39 is 0 Å². The van der Waals surface area contributed by atoms with Crippen molar-refractivity contribution in [2.24, 2.45) is 0 Å². The van der Waals surface area contributed by atoms with E-state index >= 15 is 0 Å². The summed E-state index contributed by atoms with van der Waals surface area (Å²) in [4.78, 5) is 6.83. The van der Waals surface area contributed by atoms with E-state index in [-0.39, 0.29) is 0 Å². The number of pyridine rings is 1. The summed E-state index contributed by atoms with van der Waals surface area (Å²) in [5.74, 6) is 1.58. The lowest BCUT2D eigenvalue weighted by Gasteiger charge is -2.26. The molecule has 0 atom stereocenters. The summed E-state index contributed by atoms with van der Waals surface area (Å²) in [6.45, 7) is 5.55. The topological polar surface area (TPSA) is 46.6 Å². The molecule has 150 valence electrons. The molecule has 1 saturated heterocycles. The van der Waals surface area contributed by atoms with E-state index in [9.17, 15) is 0 Å². The predicted octanol–water partition coefficient (Wildman–Crippen LogP) is 3.80. The number of ether oxygens (including phenoxy) is 2. The van der Waals surface area contributed by atoms with Crippen molar-refractivity contribution in [3.63, 3.8) is 0 Å². The minimum Gasteiger partial charge on any atom is -0.497 e. The summed E-state index contributed by atoms with van der Waals surface area (Å²) in [6.07, 6.45) is 9.94. The highest BCUT2D eigenvalue weighted by atomic mass is 16.5. The van der Waals surface area contributed by atoms with Gasteiger partial charge in [-0.3, -0.25) is 4.90 Å². The highest BCUT2D eigenvalue weighted by molar-refractivity contribution is 5.27. The number of hydrogen-bond donors (Lipinski definition) is 1. The standard InChI is InChI=1S/C23H31N3O2/c1-27-22-9-7-20(8-10-22)18-24-12-3-6-16-28-23-17-21(11-13-25-23)19-26-14-4-2-5-15-26/h3,6-11,13,17,24H,2,4-5,12,14-16,18-19H2,1H3/b6-3-. The van der Waals surface area contributed by atoms with E-state index in [0.29, 0.717) is 12.5 Å². The van der Waals surface area contributed by atoms with Gasteiger partial charge in [-0.2, -0.15) is 0 Å². The lowest BCUT2D eigenvalue weighted by atomic mass is 10.1. The van der Waals surface area contributed by atoms with Crippen molar-refractivity contribution in [2.75, 3.05) is 33.4 Å². The van der Waals surface area contributed by atoms with Gasteiger partial charge in [0.1, 0.15) is 12.4 Å². The van der Waals surface area contributed by atoms with Gasteiger partial charge in [-0.15, -0.1) is 0 Å². The van der Waals surface area contributed by atoms with Gasteiger partial charge < -0.3 is 14.8 Å². The summed E-state index contributed by atoms with van der Waals surface area (Å²) in [5, 5.41) is 3.39. The Morgan fingerprint density at radius 2 is 1.86 bits per heavy atom. The van der Waals surface area contributed by atoms with Crippen LogP contribution in [-0.2, 0) is 13.1 Å². The highest BCUT2D eigenvalue weighted by Gasteiger charge is 2.10. The Kier molecular flexibility index (Phi) is 8.34. The average molecular weight is 382 g/mol. The van der Waals surface area contributed by atoms with E-state index in [1.807, 2.05) is 24.4 Å². The summed E-state index contributed by atoms with van der Waals surface area (Å²) >= 11 is 0. The fourth-order valence-corrected chi connectivity index (χ4v) is 3.33. The number of hydrogen-bond acceptors (Lipinski definition) is 5. The summed E-state index contributed by atoms with van der Waals surface area (Å²) in [6, 6.07) is 12.2. The van der Waals surface area contributed by atoms with Crippen LogP contribution < -0.4 is 14.8 Å². The van der Waals surface area contributed by atoms with Crippen LogP contribution in [0, 0.1) is 0 Å². The van der Waals surface area contributed by atoms with Crippen LogP contribution in [0.25, 0.3) is 0 Å². The molecule has 0 spiro atoms. The van der Waals surface area contributed by atoms with Crippen molar-refractivity contribution in [1.82, 2.24) is 15.2 Å². The van der Waals surface area contributed by atoms with E-state index in [1.54, 1.807) is 7.11 Å². The van der Waals surface area contributed by atoms with E-state index in [1.165, 1.54) is 43.5 Å². The van der Waals surface area contributed by atoms with Crippen molar-refractivity contribution in [3.8, 4) is 11.6 Å². The second-order valence-electron chi connectivity index (χ2n) is 7.10. The van der Waals surface area contributed by atoms with Crippen LogP contribution in [0.1, 0.15) is 30.4 Å². The Bertz CT molecular complexity index is 725. The minimum atomic E-state index is 0.532. The van der Waals surface area contributed by atoms with Gasteiger partial charge in [0.05, 0.1) is 7.11 Å². The summed E-state index contributed by atoms with van der Waals surface area (Å²) < 4.78 is 10.9. The molecule has 0 radical (unpaired) electrons. The van der Waals surface area contributed by atoms with Crippen molar-refractivity contribution in [3.05, 3.63) is 65.9 Å². The molecule has 2 heterocycles. The van der Waals surface area contributed by atoms with Crippen LogP contribution >= 0.6 is 0 Å². The van der Waals surface area contributed by atoms with Crippen LogP contribution in [0.4, 0.5) is 0 Å². The summed E-state index contributed by atoms with van der Waals surface area (Å²) in [5.41, 5.74) is 2.51. The number of nitrogens with one attached hydrogen (secondary N) is 1. The lowest BCUT2D eigenvalue weighted by molar-refractivity contribution is 0.220. The van der Waals surface area contributed by atoms with Gasteiger partial charge in [-0.05, 0) is 55.3 Å². The average Bonchev–Trinajstić information content (AvgIpc) is 2.74. The third kappa shape index (κ3) is 6.98. The van der Waals surface area contributed by atoms with Crippen LogP contribution in [0.15, 0.2) is 54.7 Å². The molecule has 0 bridgehead atoms. The van der Waals surface area contributed by atoms with Crippen molar-refractivity contribution >= 4 is 0 Å². The molecule has 2 aromatic rings. The van der Waals surface area contributed by atoms with E-state index in [2.05, 4.69) is 45.5 Å². The normalized spacial score (nSPS) is 15.0. The van der Waals surface area contributed by atoms with Crippen LogP contribution in [0.3, 0.4) is 0 Å². The molecule has 0 amide bonds. The zero-order valence-electron chi connectivity index (χ0n) is 16.8. The van der Waals surface area contributed by atoms with Crippen molar-refractivity contribution < 1.29 is 9.47 Å². The smallest absolute Gasteiger partial charge is 0.213 e. The minimum absolute atomic E-state index is 0.532. The molecule has 1 aliphatic heterocycles. The Morgan fingerprint density at radius 1 is 1.04 bits per heavy atom. The van der Waals surface area contributed by atoms with Gasteiger partial charge in [0.15, 0.2) is 0 Å². The second-order valence-corrected chi connectivity index (χ2v) is 7.10. The molecule has 28 heavy (non-hydrogen) atoms. The molecule has 3 rings (SSSR count). The number of nitrogens with zero attached hydrogens (tertiary/aromatic N) is 2. The summed E-state index contributed by atoms with van der Waals surface area (Å²) in [7, 11) is 1.68. The maximum Gasteiger partial charge on any atom is 0.213 e. The predicted molar refractivity (Wildman–Crippen MR) is 113 cm³/mol. The Morgan fingerprint density at radius 3 is 2.64 bits per heavy atom. The van der Waals surface area contributed by atoms with Crippen molar-refractivity contribution in [1.29, 1.82) is 0 Å². The fraction of sp³-hybridized carbons (Fsp3) is 0.435. The molecule has 1 aromatic heterocycles. The third-order valence-electron chi connectivity index (χ3n) is 4.90. The lowest BCUT2D eigenvalue weighted by Crippen LogP contribution is -2.29. The van der Waals surface area contributed by atoms with Gasteiger partial charge in [0.2, 0.25) is 5.88 Å². The molecule has 0 saturated carbocycles. The molecule has 0 aliphatic carbocycles. The van der Waals surface area contributed by atoms with Crippen LogP contribution in [0.5, 0.6) is 11.6 Å². The number of methoxy groups -OCH3 is 1. The Balaban J connectivity index is 1.33. The number of benzene rings is 1. The molecule has 5 heteroatoms. The quantitative estimate of drug-likeness (QED) is 0.501. The van der Waals surface area contributed by atoms with Gasteiger partial charge >= 0.3 is 0 Å². The number of likely N-dealkylation sites (tertiary alicyclic amines) is 1. The molecule has 1 aliphatic rings. The molecular weight excluding hydrogens is 350 g/mol. The SMILES string of the molecule is COc1ccc(CNC/C=C\COc2cc(CN3CCCCC3)ccn2)cc1. The number of piperidine rings is 1. The van der Waals surface area contributed by atoms with Gasteiger partial charge in [0.25, 0.3) is 0 Å². The zero-order valence-corrected chi connectivity index (χ0v) is 16.8. The largest absolute Gasteiger partial charge is 0.497 e. The number of rotatable bonds is 10. The third-order valence-corrected chi connectivity index (χ3v) is 4.90. The van der Waals surface area contributed by atoms with E-state index in [4.69, 9.17) is 9.47 Å². The second kappa shape index (κ2) is 11.5. The van der Waals surface area contributed by atoms with E-state index in [0.717, 1.165) is 25.4 Å². The molecule has 1 aromatic carbocycles. The van der Waals surface area contributed by atoms with Gasteiger partial charge in [-0.25, -0.2) is 4.98 Å². The molecule has 1 N–H and O–H groups in total. The molecular formula is C23H31N3O2. The first-order valence-electron chi connectivity index (χ1n) is 10.1. The van der Waals surface area contributed by atoms with Crippen LogP contribution in [0.2, 0.25) is 0 Å². The Hall–Kier alpha value is -2.37. The first kappa shape index (κ1) is 20.4. The maximum absolute atomic E-state index is 5.77. The van der Waals surface area contributed by atoms with Gasteiger partial charge in [0, 0.05) is 31.9 Å². The first-order valence-corrected chi connectivity index (χ1v) is 10.1. The molecule has 0 unspecified atom stereocenters. The number of aromatic nitrogens is 1. The molecule has 5 nitrogen and oxygen atoms in total. The first-order chi connectivity index (χ1) is 13.8. The zero-order chi connectivity index (χ0) is 19.4. The Labute approximate surface area is 168 Å². The van der Waals surface area contributed by atoms with Crippen LogP contribution in [-0.4, -0.2) is 43.2 Å². The highest BCUT2D eigenvalue weighted by Crippen LogP contribution is 2.15. The molecule has 1 fully saturated rings. The monoisotopic (exact) mass is 381 g/mol. The maximum atomic E-state index is 5.77. The fourth-order valence-electron chi connectivity index (χ4n) is 3.33. The van der Waals surface area contributed by atoms with Gasteiger partial charge in [-0.1, -0.05) is 30.7 Å². The van der Waals surface area contributed by atoms with Crippen molar-refractivity contribution in [2.45, 2.75) is 32.4 Å².